The second-order valence-corrected chi connectivity index (χ2v) is 9.46. The van der Waals surface area contributed by atoms with E-state index in [4.69, 9.17) is 4.74 Å². The Bertz CT molecular complexity index is 994. The fourth-order valence-corrected chi connectivity index (χ4v) is 3.32. The molecule has 0 aliphatic heterocycles. The van der Waals surface area contributed by atoms with Crippen LogP contribution in [0.3, 0.4) is 0 Å². The molecule has 0 radical (unpaired) electrons. The van der Waals surface area contributed by atoms with Crippen molar-refractivity contribution in [3.63, 3.8) is 0 Å². The van der Waals surface area contributed by atoms with Gasteiger partial charge in [-0.25, -0.2) is 0 Å². The maximum Gasteiger partial charge on any atom is 0.227 e. The van der Waals surface area contributed by atoms with Crippen molar-refractivity contribution in [3.05, 3.63) is 65.4 Å². The SMILES string of the molecule is CC.CC(=O)n1cc(C)c2cc(CC(=O)C(Br)Br)c(OCc3ccccc3)cc21. The molecule has 3 aromatic rings. The number of aryl methyl sites for hydroxylation is 1. The van der Waals surface area contributed by atoms with Gasteiger partial charge in [0, 0.05) is 36.6 Å². The third-order valence-corrected chi connectivity index (χ3v) is 5.39. The summed E-state index contributed by atoms with van der Waals surface area (Å²) in [5, 5.41) is 0.945. The van der Waals surface area contributed by atoms with Crippen LogP contribution in [0.1, 0.15) is 42.3 Å². The number of aromatic nitrogens is 1. The highest BCUT2D eigenvalue weighted by atomic mass is 79.9. The Morgan fingerprint density at radius 2 is 1.76 bits per heavy atom. The molecule has 0 saturated carbocycles. The zero-order valence-corrected chi connectivity index (χ0v) is 20.2. The van der Waals surface area contributed by atoms with Crippen LogP contribution in [-0.4, -0.2) is 20.0 Å². The molecule has 6 heteroatoms. The van der Waals surface area contributed by atoms with Crippen molar-refractivity contribution in [2.45, 2.75) is 44.5 Å². The summed E-state index contributed by atoms with van der Waals surface area (Å²) in [6, 6.07) is 13.6. The number of Topliss-reactive ketones (excluding diaryl/α,β-unsaturated/α-hetero) is 1. The van der Waals surface area contributed by atoms with E-state index < -0.39 is 3.74 Å². The monoisotopic (exact) mass is 521 g/mol. The average Bonchev–Trinajstić information content (AvgIpc) is 3.04. The Kier molecular flexibility index (Phi) is 8.65. The lowest BCUT2D eigenvalue weighted by Crippen LogP contribution is -2.11. The molecule has 2 aromatic carbocycles. The normalized spacial score (nSPS) is 10.6. The first-order chi connectivity index (χ1) is 13.9. The predicted molar refractivity (Wildman–Crippen MR) is 125 cm³/mol. The van der Waals surface area contributed by atoms with E-state index in [9.17, 15) is 9.59 Å². The summed E-state index contributed by atoms with van der Waals surface area (Å²) in [5.74, 6) is 0.551. The van der Waals surface area contributed by atoms with Gasteiger partial charge in [0.1, 0.15) is 16.1 Å². The first-order valence-electron chi connectivity index (χ1n) is 9.50. The minimum atomic E-state index is -0.411. The molecular formula is C23H25Br2NO3. The first-order valence-corrected chi connectivity index (χ1v) is 11.3. The maximum absolute atomic E-state index is 12.3. The third-order valence-electron chi connectivity index (χ3n) is 4.37. The number of carbonyl (C=O) groups is 2. The van der Waals surface area contributed by atoms with E-state index in [2.05, 4.69) is 31.9 Å². The second-order valence-electron chi connectivity index (χ2n) is 6.40. The summed E-state index contributed by atoms with van der Waals surface area (Å²) in [5.41, 5.74) is 3.61. The highest BCUT2D eigenvalue weighted by Gasteiger charge is 2.18. The summed E-state index contributed by atoms with van der Waals surface area (Å²) in [4.78, 5) is 24.2. The number of rotatable bonds is 6. The molecule has 0 spiro atoms. The number of alkyl halides is 2. The number of carbonyl (C=O) groups excluding carboxylic acids is 2. The zero-order valence-electron chi connectivity index (χ0n) is 17.0. The van der Waals surface area contributed by atoms with Crippen molar-refractivity contribution in [3.8, 4) is 5.75 Å². The van der Waals surface area contributed by atoms with Crippen molar-refractivity contribution in [2.75, 3.05) is 0 Å². The molecule has 0 atom stereocenters. The topological polar surface area (TPSA) is 48.3 Å². The van der Waals surface area contributed by atoms with Gasteiger partial charge in [0.15, 0.2) is 5.78 Å². The van der Waals surface area contributed by atoms with E-state index in [1.807, 2.05) is 69.4 Å². The summed E-state index contributed by atoms with van der Waals surface area (Å²) in [6.45, 7) is 7.87. The summed E-state index contributed by atoms with van der Waals surface area (Å²) in [7, 11) is 0. The lowest BCUT2D eigenvalue weighted by Gasteiger charge is -2.13. The molecule has 0 bridgehead atoms. The van der Waals surface area contributed by atoms with E-state index in [0.717, 1.165) is 27.6 Å². The smallest absolute Gasteiger partial charge is 0.227 e. The number of nitrogens with zero attached hydrogens (tertiary/aromatic N) is 1. The fourth-order valence-electron chi connectivity index (χ4n) is 3.00. The minimum absolute atomic E-state index is 0.00237. The van der Waals surface area contributed by atoms with E-state index in [1.54, 1.807) is 4.57 Å². The Morgan fingerprint density at radius 3 is 2.34 bits per heavy atom. The van der Waals surface area contributed by atoms with Gasteiger partial charge in [-0.1, -0.05) is 76.0 Å². The molecule has 0 unspecified atom stereocenters. The molecule has 1 aromatic heterocycles. The standard InChI is InChI=1S/C21H19Br2NO3.C2H6/c1-13-11-24(14(2)25)18-10-20(27-12-15-6-4-3-5-7-15)16(8-17(13)18)9-19(26)21(22)23;1-2/h3-8,10-11,21H,9,12H2,1-2H3;1-2H3. The molecule has 1 heterocycles. The largest absolute Gasteiger partial charge is 0.489 e. The van der Waals surface area contributed by atoms with Crippen molar-refractivity contribution in [2.24, 2.45) is 0 Å². The third kappa shape index (κ3) is 5.80. The van der Waals surface area contributed by atoms with Crippen LogP contribution in [-0.2, 0) is 17.8 Å². The Labute approximate surface area is 188 Å². The van der Waals surface area contributed by atoms with Crippen molar-refractivity contribution in [1.29, 1.82) is 0 Å². The van der Waals surface area contributed by atoms with E-state index >= 15 is 0 Å². The van der Waals surface area contributed by atoms with Gasteiger partial charge in [0.2, 0.25) is 5.91 Å². The van der Waals surface area contributed by atoms with E-state index in [0.29, 0.717) is 12.4 Å². The lowest BCUT2D eigenvalue weighted by atomic mass is 10.0. The second kappa shape index (κ2) is 10.7. The van der Waals surface area contributed by atoms with E-state index in [1.165, 1.54) is 6.92 Å². The number of ether oxygens (including phenoxy) is 1. The lowest BCUT2D eigenvalue weighted by molar-refractivity contribution is -0.116. The van der Waals surface area contributed by atoms with Gasteiger partial charge >= 0.3 is 0 Å². The van der Waals surface area contributed by atoms with Crippen LogP contribution in [0.15, 0.2) is 48.7 Å². The maximum atomic E-state index is 12.3. The molecule has 0 saturated heterocycles. The van der Waals surface area contributed by atoms with Gasteiger partial charge in [-0.05, 0) is 24.1 Å². The zero-order chi connectivity index (χ0) is 21.6. The van der Waals surface area contributed by atoms with Crippen LogP contribution in [0.2, 0.25) is 0 Å². The average molecular weight is 523 g/mol. The Balaban J connectivity index is 0.00000145. The van der Waals surface area contributed by atoms with Crippen molar-refractivity contribution >= 4 is 54.5 Å². The Hall–Kier alpha value is -1.92. The Morgan fingerprint density at radius 1 is 1.10 bits per heavy atom. The molecule has 0 fully saturated rings. The van der Waals surface area contributed by atoms with Gasteiger partial charge in [-0.15, -0.1) is 0 Å². The van der Waals surface area contributed by atoms with Crippen LogP contribution < -0.4 is 4.74 Å². The number of fused-ring (bicyclic) bond motifs is 1. The van der Waals surface area contributed by atoms with Gasteiger partial charge in [0.05, 0.1) is 5.52 Å². The molecular weight excluding hydrogens is 498 g/mol. The summed E-state index contributed by atoms with van der Waals surface area (Å²) in [6.07, 6.45) is 2.04. The first kappa shape index (κ1) is 23.4. The molecule has 0 aliphatic rings. The molecule has 0 aliphatic carbocycles. The van der Waals surface area contributed by atoms with Crippen molar-refractivity contribution < 1.29 is 14.3 Å². The molecule has 0 amide bonds. The van der Waals surface area contributed by atoms with Crippen molar-refractivity contribution in [1.82, 2.24) is 4.57 Å². The highest BCUT2D eigenvalue weighted by molar-refractivity contribution is 9.25. The highest BCUT2D eigenvalue weighted by Crippen LogP contribution is 2.31. The van der Waals surface area contributed by atoms with Crippen LogP contribution >= 0.6 is 31.9 Å². The van der Waals surface area contributed by atoms with Gasteiger partial charge < -0.3 is 4.74 Å². The van der Waals surface area contributed by atoms with Crippen LogP contribution in [0, 0.1) is 6.92 Å². The molecule has 154 valence electrons. The summed E-state index contributed by atoms with van der Waals surface area (Å²) >= 11 is 6.52. The summed E-state index contributed by atoms with van der Waals surface area (Å²) < 4.78 is 7.25. The molecule has 29 heavy (non-hydrogen) atoms. The predicted octanol–water partition coefficient (Wildman–Crippen LogP) is 6.44. The van der Waals surface area contributed by atoms with Gasteiger partial charge in [-0.3, -0.25) is 14.2 Å². The minimum Gasteiger partial charge on any atom is -0.489 e. The number of benzene rings is 2. The van der Waals surface area contributed by atoms with Crippen LogP contribution in [0.5, 0.6) is 5.75 Å². The molecule has 4 nitrogen and oxygen atoms in total. The fraction of sp³-hybridized carbons (Fsp3) is 0.304. The van der Waals surface area contributed by atoms with Gasteiger partial charge in [0.25, 0.3) is 0 Å². The van der Waals surface area contributed by atoms with Crippen LogP contribution in [0.4, 0.5) is 0 Å². The van der Waals surface area contributed by atoms with Crippen LogP contribution in [0.25, 0.3) is 10.9 Å². The molecule has 3 rings (SSSR count). The quantitative estimate of drug-likeness (QED) is 0.350. The number of ketones is 1. The van der Waals surface area contributed by atoms with Gasteiger partial charge in [-0.2, -0.15) is 0 Å². The number of halogens is 2. The number of hydrogen-bond acceptors (Lipinski definition) is 3. The van der Waals surface area contributed by atoms with E-state index in [-0.39, 0.29) is 18.1 Å². The number of hydrogen-bond donors (Lipinski definition) is 0. The molecule has 0 N–H and O–H groups in total.